The van der Waals surface area contributed by atoms with E-state index in [9.17, 15) is 4.79 Å². The van der Waals surface area contributed by atoms with Crippen LogP contribution < -0.4 is 0 Å². The number of aromatic nitrogens is 2. The number of hydrogen-bond donors (Lipinski definition) is 0. The molecule has 3 heteroatoms. The minimum Gasteiger partial charge on any atom is -0.337 e. The van der Waals surface area contributed by atoms with Gasteiger partial charge in [-0.2, -0.15) is 0 Å². The first kappa shape index (κ1) is 8.97. The van der Waals surface area contributed by atoms with E-state index in [1.807, 2.05) is 24.6 Å². The molecule has 1 heterocycles. The summed E-state index contributed by atoms with van der Waals surface area (Å²) in [4.78, 5) is 15.1. The van der Waals surface area contributed by atoms with Crippen molar-refractivity contribution < 1.29 is 4.79 Å². The zero-order valence-electron chi connectivity index (χ0n) is 7.53. The first-order valence-electron chi connectivity index (χ1n) is 4.22. The fourth-order valence-electron chi connectivity index (χ4n) is 1.16. The number of hydrogen-bond acceptors (Lipinski definition) is 2. The van der Waals surface area contributed by atoms with E-state index in [2.05, 4.69) is 4.98 Å². The third-order valence-corrected chi connectivity index (χ3v) is 1.94. The standard InChI is InChI=1S/C9H14N2O/c1-3-9(12)8(2)6-11-5-4-10-7-11/h4-5,7-8H,3,6H2,1-2H3. The molecule has 0 saturated heterocycles. The number of carbonyl (C=O) groups is 1. The lowest BCUT2D eigenvalue weighted by Crippen LogP contribution is -2.15. The van der Waals surface area contributed by atoms with Gasteiger partial charge < -0.3 is 4.57 Å². The van der Waals surface area contributed by atoms with E-state index >= 15 is 0 Å². The van der Waals surface area contributed by atoms with E-state index in [0.29, 0.717) is 12.2 Å². The highest BCUT2D eigenvalue weighted by Gasteiger charge is 2.10. The van der Waals surface area contributed by atoms with Gasteiger partial charge in [0.15, 0.2) is 0 Å². The molecule has 3 nitrogen and oxygen atoms in total. The van der Waals surface area contributed by atoms with Crippen molar-refractivity contribution in [2.24, 2.45) is 5.92 Å². The third kappa shape index (κ3) is 2.19. The van der Waals surface area contributed by atoms with Crippen molar-refractivity contribution in [1.82, 2.24) is 9.55 Å². The molecule has 0 N–H and O–H groups in total. The SMILES string of the molecule is CCC(=O)C(C)Cn1ccnc1. The van der Waals surface area contributed by atoms with Gasteiger partial charge in [0, 0.05) is 31.3 Å². The van der Waals surface area contributed by atoms with E-state index in [4.69, 9.17) is 0 Å². The summed E-state index contributed by atoms with van der Waals surface area (Å²) >= 11 is 0. The second kappa shape index (κ2) is 4.04. The fourth-order valence-corrected chi connectivity index (χ4v) is 1.16. The highest BCUT2D eigenvalue weighted by Crippen LogP contribution is 2.03. The van der Waals surface area contributed by atoms with Crippen LogP contribution in [0.15, 0.2) is 18.7 Å². The van der Waals surface area contributed by atoms with Crippen LogP contribution in [0.2, 0.25) is 0 Å². The highest BCUT2D eigenvalue weighted by molar-refractivity contribution is 5.80. The maximum atomic E-state index is 11.2. The van der Waals surface area contributed by atoms with Gasteiger partial charge >= 0.3 is 0 Å². The topological polar surface area (TPSA) is 34.9 Å². The number of Topliss-reactive ketones (excluding diaryl/α,β-unsaturated/α-hetero) is 1. The second-order valence-electron chi connectivity index (χ2n) is 2.98. The molecule has 0 fully saturated rings. The number of nitrogens with zero attached hydrogens (tertiary/aromatic N) is 2. The number of ketones is 1. The Balaban J connectivity index is 2.47. The minimum absolute atomic E-state index is 0.101. The summed E-state index contributed by atoms with van der Waals surface area (Å²) in [5.41, 5.74) is 0. The molecule has 0 radical (unpaired) electrons. The predicted molar refractivity (Wildman–Crippen MR) is 46.7 cm³/mol. The lowest BCUT2D eigenvalue weighted by atomic mass is 10.1. The summed E-state index contributed by atoms with van der Waals surface area (Å²) in [6.07, 6.45) is 5.96. The maximum Gasteiger partial charge on any atom is 0.137 e. The van der Waals surface area contributed by atoms with Crippen molar-refractivity contribution in [3.05, 3.63) is 18.7 Å². The molecule has 0 amide bonds. The van der Waals surface area contributed by atoms with Gasteiger partial charge in [-0.3, -0.25) is 4.79 Å². The largest absolute Gasteiger partial charge is 0.337 e. The normalized spacial score (nSPS) is 12.8. The predicted octanol–water partition coefficient (Wildman–Crippen LogP) is 1.50. The zero-order chi connectivity index (χ0) is 8.97. The monoisotopic (exact) mass is 166 g/mol. The van der Waals surface area contributed by atoms with Gasteiger partial charge in [0.1, 0.15) is 5.78 Å². The summed E-state index contributed by atoms with van der Waals surface area (Å²) in [5.74, 6) is 0.410. The number of rotatable bonds is 4. The average Bonchev–Trinajstić information content (AvgIpc) is 2.55. The van der Waals surface area contributed by atoms with Crippen LogP contribution in [-0.2, 0) is 11.3 Å². The Morgan fingerprint density at radius 1 is 1.67 bits per heavy atom. The van der Waals surface area contributed by atoms with Crippen LogP contribution >= 0.6 is 0 Å². The zero-order valence-corrected chi connectivity index (χ0v) is 7.53. The van der Waals surface area contributed by atoms with Crippen molar-refractivity contribution in [3.63, 3.8) is 0 Å². The summed E-state index contributed by atoms with van der Waals surface area (Å²) in [7, 11) is 0. The highest BCUT2D eigenvalue weighted by atomic mass is 16.1. The smallest absolute Gasteiger partial charge is 0.137 e. The van der Waals surface area contributed by atoms with Gasteiger partial charge in [-0.1, -0.05) is 13.8 Å². The molecule has 12 heavy (non-hydrogen) atoms. The van der Waals surface area contributed by atoms with Gasteiger partial charge in [-0.25, -0.2) is 4.98 Å². The second-order valence-corrected chi connectivity index (χ2v) is 2.98. The summed E-state index contributed by atoms with van der Waals surface area (Å²) in [5, 5.41) is 0. The molecular formula is C9H14N2O. The molecule has 0 spiro atoms. The Kier molecular flexibility index (Phi) is 3.02. The van der Waals surface area contributed by atoms with Crippen molar-refractivity contribution in [1.29, 1.82) is 0 Å². The van der Waals surface area contributed by atoms with Gasteiger partial charge in [0.05, 0.1) is 6.33 Å². The first-order valence-corrected chi connectivity index (χ1v) is 4.22. The Hall–Kier alpha value is -1.12. The van der Waals surface area contributed by atoms with Gasteiger partial charge in [-0.05, 0) is 0 Å². The van der Waals surface area contributed by atoms with Gasteiger partial charge in [0.25, 0.3) is 0 Å². The van der Waals surface area contributed by atoms with E-state index < -0.39 is 0 Å². The lowest BCUT2D eigenvalue weighted by molar-refractivity contribution is -0.122. The van der Waals surface area contributed by atoms with Crippen molar-refractivity contribution in [2.75, 3.05) is 0 Å². The van der Waals surface area contributed by atoms with E-state index in [-0.39, 0.29) is 5.92 Å². The van der Waals surface area contributed by atoms with Crippen LogP contribution in [0.5, 0.6) is 0 Å². The Morgan fingerprint density at radius 2 is 2.42 bits per heavy atom. The Bertz CT molecular complexity index is 241. The van der Waals surface area contributed by atoms with Crippen molar-refractivity contribution >= 4 is 5.78 Å². The molecule has 66 valence electrons. The average molecular weight is 166 g/mol. The van der Waals surface area contributed by atoms with E-state index in [1.165, 1.54) is 0 Å². The minimum atomic E-state index is 0.101. The van der Waals surface area contributed by atoms with Crippen LogP contribution in [0, 0.1) is 5.92 Å². The third-order valence-electron chi connectivity index (χ3n) is 1.94. The molecule has 0 aromatic carbocycles. The number of carbonyl (C=O) groups excluding carboxylic acids is 1. The molecule has 0 aliphatic carbocycles. The Labute approximate surface area is 72.4 Å². The van der Waals surface area contributed by atoms with Gasteiger partial charge in [0.2, 0.25) is 0 Å². The lowest BCUT2D eigenvalue weighted by Gasteiger charge is -2.08. The summed E-state index contributed by atoms with van der Waals surface area (Å²) in [6.45, 7) is 4.59. The van der Waals surface area contributed by atoms with E-state index in [1.54, 1.807) is 12.5 Å². The molecule has 0 aliphatic heterocycles. The molecule has 1 atom stereocenters. The molecule has 1 aromatic heterocycles. The molecular weight excluding hydrogens is 152 g/mol. The quantitative estimate of drug-likeness (QED) is 0.679. The Morgan fingerprint density at radius 3 is 2.92 bits per heavy atom. The van der Waals surface area contributed by atoms with Crippen LogP contribution in [0.4, 0.5) is 0 Å². The van der Waals surface area contributed by atoms with Gasteiger partial charge in [-0.15, -0.1) is 0 Å². The molecule has 0 aliphatic rings. The van der Waals surface area contributed by atoms with Crippen LogP contribution in [0.3, 0.4) is 0 Å². The first-order chi connectivity index (χ1) is 5.74. The maximum absolute atomic E-state index is 11.2. The molecule has 0 bridgehead atoms. The molecule has 0 saturated carbocycles. The van der Waals surface area contributed by atoms with Crippen LogP contribution in [0.1, 0.15) is 20.3 Å². The van der Waals surface area contributed by atoms with E-state index in [0.717, 1.165) is 6.54 Å². The molecule has 1 unspecified atom stereocenters. The molecule has 1 rings (SSSR count). The molecule has 1 aromatic rings. The summed E-state index contributed by atoms with van der Waals surface area (Å²) in [6, 6.07) is 0. The summed E-state index contributed by atoms with van der Waals surface area (Å²) < 4.78 is 1.93. The van der Waals surface area contributed by atoms with Crippen LogP contribution in [-0.4, -0.2) is 15.3 Å². The van der Waals surface area contributed by atoms with Crippen molar-refractivity contribution in [3.8, 4) is 0 Å². The fraction of sp³-hybridized carbons (Fsp3) is 0.556. The van der Waals surface area contributed by atoms with Crippen molar-refractivity contribution in [2.45, 2.75) is 26.8 Å². The van der Waals surface area contributed by atoms with Crippen LogP contribution in [0.25, 0.3) is 0 Å². The number of imidazole rings is 1.